The molecule has 1 N–H and O–H groups in total. The van der Waals surface area contributed by atoms with Crippen molar-refractivity contribution < 1.29 is 23.1 Å². The van der Waals surface area contributed by atoms with Crippen LogP contribution < -0.4 is 0 Å². The number of nitriles is 1. The molecule has 16 heavy (non-hydrogen) atoms. The SMILES string of the molecule is N#Cc1cc(F)c(CC(=O)O)c(C(F)F)c1. The van der Waals surface area contributed by atoms with E-state index in [-0.39, 0.29) is 5.56 Å². The summed E-state index contributed by atoms with van der Waals surface area (Å²) in [5.74, 6) is -2.51. The lowest BCUT2D eigenvalue weighted by Gasteiger charge is -2.08. The molecule has 0 radical (unpaired) electrons. The summed E-state index contributed by atoms with van der Waals surface area (Å²) < 4.78 is 38.3. The summed E-state index contributed by atoms with van der Waals surface area (Å²) in [4.78, 5) is 10.4. The van der Waals surface area contributed by atoms with Crippen LogP contribution in [0.4, 0.5) is 13.2 Å². The van der Waals surface area contributed by atoms with E-state index < -0.39 is 35.8 Å². The van der Waals surface area contributed by atoms with Gasteiger partial charge in [0.25, 0.3) is 6.43 Å². The van der Waals surface area contributed by atoms with Crippen LogP contribution in [0.3, 0.4) is 0 Å². The van der Waals surface area contributed by atoms with Gasteiger partial charge in [-0.3, -0.25) is 4.79 Å². The topological polar surface area (TPSA) is 61.1 Å². The van der Waals surface area contributed by atoms with Crippen molar-refractivity contribution in [3.63, 3.8) is 0 Å². The van der Waals surface area contributed by atoms with Crippen LogP contribution in [0.15, 0.2) is 12.1 Å². The summed E-state index contributed by atoms with van der Waals surface area (Å²) in [7, 11) is 0. The molecule has 0 saturated heterocycles. The van der Waals surface area contributed by atoms with Crippen LogP contribution in [-0.2, 0) is 11.2 Å². The van der Waals surface area contributed by atoms with Crippen molar-refractivity contribution >= 4 is 5.97 Å². The maximum absolute atomic E-state index is 13.3. The number of hydrogen-bond acceptors (Lipinski definition) is 2. The molecule has 6 heteroatoms. The zero-order valence-corrected chi connectivity index (χ0v) is 7.88. The van der Waals surface area contributed by atoms with E-state index in [1.165, 1.54) is 6.07 Å². The number of carboxylic acids is 1. The van der Waals surface area contributed by atoms with Gasteiger partial charge in [-0.1, -0.05) is 0 Å². The third-order valence-electron chi connectivity index (χ3n) is 1.92. The molecule has 0 fully saturated rings. The first-order chi connectivity index (χ1) is 7.45. The van der Waals surface area contributed by atoms with E-state index in [1.54, 1.807) is 0 Å². The van der Waals surface area contributed by atoms with E-state index in [9.17, 15) is 18.0 Å². The number of rotatable bonds is 3. The lowest BCUT2D eigenvalue weighted by atomic mass is 10.0. The summed E-state index contributed by atoms with van der Waals surface area (Å²) in [5, 5.41) is 16.9. The zero-order chi connectivity index (χ0) is 12.3. The molecular weight excluding hydrogens is 223 g/mol. The number of benzene rings is 1. The fourth-order valence-electron chi connectivity index (χ4n) is 1.25. The second kappa shape index (κ2) is 4.66. The minimum absolute atomic E-state index is 0.262. The largest absolute Gasteiger partial charge is 0.481 e. The molecule has 1 aromatic rings. The van der Waals surface area contributed by atoms with Gasteiger partial charge in [-0.15, -0.1) is 0 Å². The third kappa shape index (κ3) is 2.51. The molecule has 0 spiro atoms. The molecule has 0 aromatic heterocycles. The Hall–Kier alpha value is -2.03. The molecule has 0 amide bonds. The molecule has 0 aliphatic heterocycles. The first-order valence-corrected chi connectivity index (χ1v) is 4.18. The first-order valence-electron chi connectivity index (χ1n) is 4.18. The third-order valence-corrected chi connectivity index (χ3v) is 1.92. The average molecular weight is 229 g/mol. The summed E-state index contributed by atoms with van der Waals surface area (Å²) in [6, 6.07) is 3.06. The van der Waals surface area contributed by atoms with E-state index in [2.05, 4.69) is 0 Å². The molecule has 0 unspecified atom stereocenters. The van der Waals surface area contributed by atoms with Crippen molar-refractivity contribution in [3.8, 4) is 6.07 Å². The molecule has 0 aliphatic rings. The molecular formula is C10H6F3NO2. The fraction of sp³-hybridized carbons (Fsp3) is 0.200. The molecule has 1 rings (SSSR count). The van der Waals surface area contributed by atoms with Gasteiger partial charge in [-0.2, -0.15) is 5.26 Å². The van der Waals surface area contributed by atoms with Gasteiger partial charge >= 0.3 is 5.97 Å². The maximum atomic E-state index is 13.3. The Morgan fingerprint density at radius 1 is 1.50 bits per heavy atom. The van der Waals surface area contributed by atoms with Crippen LogP contribution in [-0.4, -0.2) is 11.1 Å². The van der Waals surface area contributed by atoms with Gasteiger partial charge in [-0.05, 0) is 12.1 Å². The van der Waals surface area contributed by atoms with E-state index in [1.807, 2.05) is 0 Å². The molecule has 1 aromatic carbocycles. The standard InChI is InChI=1S/C10H6F3NO2/c11-8-2-5(4-14)1-7(10(12)13)6(8)3-9(15)16/h1-2,10H,3H2,(H,15,16). The summed E-state index contributed by atoms with van der Waals surface area (Å²) in [5.41, 5.74) is -1.60. The second-order valence-corrected chi connectivity index (χ2v) is 3.01. The Morgan fingerprint density at radius 3 is 2.56 bits per heavy atom. The first kappa shape index (κ1) is 12.0. The van der Waals surface area contributed by atoms with Gasteiger partial charge in [0.1, 0.15) is 5.82 Å². The quantitative estimate of drug-likeness (QED) is 0.864. The molecule has 0 heterocycles. The van der Waals surface area contributed by atoms with Crippen molar-refractivity contribution in [1.29, 1.82) is 5.26 Å². The number of nitrogens with zero attached hydrogens (tertiary/aromatic N) is 1. The second-order valence-electron chi connectivity index (χ2n) is 3.01. The lowest BCUT2D eigenvalue weighted by molar-refractivity contribution is -0.136. The highest BCUT2D eigenvalue weighted by molar-refractivity contribution is 5.71. The molecule has 0 atom stereocenters. The van der Waals surface area contributed by atoms with Crippen LogP contribution in [0, 0.1) is 17.1 Å². The average Bonchev–Trinajstić information content (AvgIpc) is 2.19. The van der Waals surface area contributed by atoms with Crippen LogP contribution in [0.2, 0.25) is 0 Å². The number of aliphatic carboxylic acids is 1. The summed E-state index contributed by atoms with van der Waals surface area (Å²) >= 11 is 0. The van der Waals surface area contributed by atoms with Crippen molar-refractivity contribution in [2.24, 2.45) is 0 Å². The minimum Gasteiger partial charge on any atom is -0.481 e. The number of alkyl halides is 2. The van der Waals surface area contributed by atoms with Gasteiger partial charge in [0.05, 0.1) is 18.1 Å². The highest BCUT2D eigenvalue weighted by atomic mass is 19.3. The molecule has 0 saturated carbocycles. The molecule has 3 nitrogen and oxygen atoms in total. The van der Waals surface area contributed by atoms with Gasteiger partial charge in [0.15, 0.2) is 0 Å². The van der Waals surface area contributed by atoms with Crippen LogP contribution in [0.1, 0.15) is 23.1 Å². The van der Waals surface area contributed by atoms with E-state index in [4.69, 9.17) is 10.4 Å². The highest BCUT2D eigenvalue weighted by Crippen LogP contribution is 2.26. The van der Waals surface area contributed by atoms with Crippen LogP contribution >= 0.6 is 0 Å². The van der Waals surface area contributed by atoms with Crippen molar-refractivity contribution in [2.45, 2.75) is 12.8 Å². The Balaban J connectivity index is 3.35. The van der Waals surface area contributed by atoms with E-state index >= 15 is 0 Å². The maximum Gasteiger partial charge on any atom is 0.307 e. The van der Waals surface area contributed by atoms with Gasteiger partial charge in [0.2, 0.25) is 0 Å². The number of carbonyl (C=O) groups is 1. The van der Waals surface area contributed by atoms with E-state index in [0.29, 0.717) is 0 Å². The Labute approximate surface area is 88.7 Å². The number of carboxylic acid groups (broad SMARTS) is 1. The van der Waals surface area contributed by atoms with Gasteiger partial charge in [-0.25, -0.2) is 13.2 Å². The van der Waals surface area contributed by atoms with E-state index in [0.717, 1.165) is 12.1 Å². The zero-order valence-electron chi connectivity index (χ0n) is 7.88. The van der Waals surface area contributed by atoms with Crippen molar-refractivity contribution in [3.05, 3.63) is 34.6 Å². The van der Waals surface area contributed by atoms with Crippen molar-refractivity contribution in [2.75, 3.05) is 0 Å². The fourth-order valence-corrected chi connectivity index (χ4v) is 1.25. The van der Waals surface area contributed by atoms with Crippen LogP contribution in [0.25, 0.3) is 0 Å². The van der Waals surface area contributed by atoms with Crippen molar-refractivity contribution in [1.82, 2.24) is 0 Å². The summed E-state index contributed by atoms with van der Waals surface area (Å²) in [6.07, 6.45) is -3.85. The smallest absolute Gasteiger partial charge is 0.307 e. The number of hydrogen-bond donors (Lipinski definition) is 1. The van der Waals surface area contributed by atoms with Crippen LogP contribution in [0.5, 0.6) is 0 Å². The highest BCUT2D eigenvalue weighted by Gasteiger charge is 2.20. The predicted octanol–water partition coefficient (Wildman–Crippen LogP) is 2.26. The Morgan fingerprint density at radius 2 is 2.12 bits per heavy atom. The minimum atomic E-state index is -3.02. The molecule has 0 bridgehead atoms. The normalized spacial score (nSPS) is 10.2. The lowest BCUT2D eigenvalue weighted by Crippen LogP contribution is -2.07. The Bertz CT molecular complexity index is 466. The molecule has 84 valence electrons. The summed E-state index contributed by atoms with van der Waals surface area (Å²) in [6.45, 7) is 0. The molecule has 0 aliphatic carbocycles. The monoisotopic (exact) mass is 229 g/mol. The predicted molar refractivity (Wildman–Crippen MR) is 47.4 cm³/mol. The van der Waals surface area contributed by atoms with Gasteiger partial charge < -0.3 is 5.11 Å². The number of halogens is 3. The Kier molecular flexibility index (Phi) is 3.51. The van der Waals surface area contributed by atoms with Gasteiger partial charge in [0, 0.05) is 11.1 Å².